The van der Waals surface area contributed by atoms with Crippen LogP contribution in [0.2, 0.25) is 5.02 Å². The van der Waals surface area contributed by atoms with Crippen molar-refractivity contribution in [3.8, 4) is 5.75 Å². The fourth-order valence-electron chi connectivity index (χ4n) is 5.54. The number of phenols is 1. The number of esters is 1. The van der Waals surface area contributed by atoms with Gasteiger partial charge in [0.25, 0.3) is 5.91 Å². The molecule has 12 heteroatoms. The van der Waals surface area contributed by atoms with E-state index in [9.17, 15) is 34.5 Å². The van der Waals surface area contributed by atoms with E-state index in [-0.39, 0.29) is 47.1 Å². The summed E-state index contributed by atoms with van der Waals surface area (Å²) < 4.78 is 5.63. The number of phenolic OH excluding ortho intramolecular Hbond substituents is 1. The van der Waals surface area contributed by atoms with E-state index in [2.05, 4.69) is 0 Å². The number of halogens is 2. The maximum absolute atomic E-state index is 13.3. The Morgan fingerprint density at radius 1 is 1.24 bits per heavy atom. The number of likely N-dealkylation sites (N-methyl/N-ethyl adjacent to an activating group) is 1. The summed E-state index contributed by atoms with van der Waals surface area (Å²) in [5.74, 6) is -7.08. The summed E-state index contributed by atoms with van der Waals surface area (Å²) in [7, 11) is 3.05. The third kappa shape index (κ3) is 3.24. The maximum Gasteiger partial charge on any atom is 0.343 e. The highest BCUT2D eigenvalue weighted by atomic mass is 35.5. The molecule has 1 amide bonds. The number of ketones is 2. The van der Waals surface area contributed by atoms with Gasteiger partial charge in [0, 0.05) is 28.8 Å². The summed E-state index contributed by atoms with van der Waals surface area (Å²) in [6, 6.07) is 1.49. The quantitative estimate of drug-likeness (QED) is 0.339. The second-order valence-electron chi connectivity index (χ2n) is 9.11. The van der Waals surface area contributed by atoms with E-state index in [4.69, 9.17) is 22.1 Å². The lowest BCUT2D eigenvalue weighted by atomic mass is 9.58. The Balaban J connectivity index is 0.00000324. The first-order chi connectivity index (χ1) is 15.3. The summed E-state index contributed by atoms with van der Waals surface area (Å²) in [6.45, 7) is 1.55. The molecule has 184 valence electrons. The highest BCUT2D eigenvalue weighted by molar-refractivity contribution is 6.32. The number of aliphatic hydroxyl groups excluding tert-OH is 1. The predicted molar refractivity (Wildman–Crippen MR) is 121 cm³/mol. The third-order valence-corrected chi connectivity index (χ3v) is 7.46. The van der Waals surface area contributed by atoms with Crippen LogP contribution < -0.4 is 5.73 Å². The second kappa shape index (κ2) is 8.23. The number of nitrogens with two attached hydrogens (primary N) is 1. The van der Waals surface area contributed by atoms with Gasteiger partial charge in [-0.05, 0) is 39.6 Å². The Kier molecular flexibility index (Phi) is 6.28. The van der Waals surface area contributed by atoms with Gasteiger partial charge in [0.05, 0.1) is 6.04 Å². The fraction of sp³-hybridized carbons (Fsp3) is 0.455. The van der Waals surface area contributed by atoms with E-state index in [1.54, 1.807) is 6.92 Å². The SMILES string of the molecule is CN(C)[C@@H]1C(=O)C(C(N)=O)=C(O)[C@@]2(O)C(=O)C[C@@H]([C@]3(C)OC(=O)c4c(O)ccc(Cl)c43)C[C@@H]12.Cl. The normalized spacial score (nSPS) is 32.8. The number of benzene rings is 1. The number of carbonyl (C=O) groups excluding carboxylic acids is 4. The molecule has 2 aliphatic carbocycles. The molecule has 1 aromatic carbocycles. The molecule has 1 aromatic rings. The summed E-state index contributed by atoms with van der Waals surface area (Å²) in [4.78, 5) is 52.3. The van der Waals surface area contributed by atoms with Gasteiger partial charge in [0.1, 0.15) is 28.2 Å². The van der Waals surface area contributed by atoms with Crippen LogP contribution >= 0.6 is 24.0 Å². The van der Waals surface area contributed by atoms with Crippen molar-refractivity contribution in [1.29, 1.82) is 0 Å². The first-order valence-corrected chi connectivity index (χ1v) is 10.6. The van der Waals surface area contributed by atoms with Crippen LogP contribution in [0.5, 0.6) is 5.75 Å². The van der Waals surface area contributed by atoms with Gasteiger partial charge < -0.3 is 25.8 Å². The zero-order valence-electron chi connectivity index (χ0n) is 18.5. The monoisotopic (exact) mass is 514 g/mol. The zero-order chi connectivity index (χ0) is 24.6. The lowest BCUT2D eigenvalue weighted by Crippen LogP contribution is -2.65. The van der Waals surface area contributed by atoms with E-state index in [1.165, 1.54) is 31.1 Å². The number of aliphatic hydroxyl groups is 2. The minimum absolute atomic E-state index is 0. The van der Waals surface area contributed by atoms with Crippen molar-refractivity contribution in [3.63, 3.8) is 0 Å². The molecule has 3 aliphatic rings. The molecule has 1 saturated carbocycles. The van der Waals surface area contributed by atoms with Gasteiger partial charge in [-0.2, -0.15) is 0 Å². The van der Waals surface area contributed by atoms with Gasteiger partial charge in [-0.1, -0.05) is 11.6 Å². The Morgan fingerprint density at radius 2 is 1.85 bits per heavy atom. The van der Waals surface area contributed by atoms with Crippen molar-refractivity contribution in [2.75, 3.05) is 14.1 Å². The van der Waals surface area contributed by atoms with Crippen molar-refractivity contribution < 1.29 is 39.2 Å². The Labute approximate surface area is 205 Å². The van der Waals surface area contributed by atoms with Crippen LogP contribution in [0.25, 0.3) is 0 Å². The molecule has 1 fully saturated rings. The van der Waals surface area contributed by atoms with Gasteiger partial charge in [-0.25, -0.2) is 4.79 Å². The maximum atomic E-state index is 13.3. The minimum Gasteiger partial charge on any atom is -0.508 e. The summed E-state index contributed by atoms with van der Waals surface area (Å²) in [5, 5.41) is 32.4. The molecular formula is C22H24Cl2N2O8. The molecule has 4 rings (SSSR count). The molecule has 1 aliphatic heterocycles. The number of ether oxygens (including phenoxy) is 1. The van der Waals surface area contributed by atoms with Gasteiger partial charge >= 0.3 is 5.97 Å². The number of hydrogen-bond acceptors (Lipinski definition) is 9. The highest BCUT2D eigenvalue weighted by Gasteiger charge is 2.64. The Morgan fingerprint density at radius 3 is 2.41 bits per heavy atom. The molecular weight excluding hydrogens is 491 g/mol. The van der Waals surface area contributed by atoms with E-state index in [0.29, 0.717) is 0 Å². The van der Waals surface area contributed by atoms with Crippen LogP contribution in [0.4, 0.5) is 0 Å². The molecule has 0 saturated heterocycles. The molecule has 0 unspecified atom stereocenters. The first-order valence-electron chi connectivity index (χ1n) is 10.2. The highest BCUT2D eigenvalue weighted by Crippen LogP contribution is 2.55. The average Bonchev–Trinajstić information content (AvgIpc) is 2.99. The van der Waals surface area contributed by atoms with Crippen LogP contribution in [0.1, 0.15) is 35.7 Å². The number of primary amides is 1. The van der Waals surface area contributed by atoms with Crippen LogP contribution in [0.15, 0.2) is 23.5 Å². The lowest BCUT2D eigenvalue weighted by Gasteiger charge is -2.50. The standard InChI is InChI=1S/C22H23ClN2O8.ClH/c1-21(15-10(23)4-5-11(26)13(15)20(31)33-21)8-6-9-16(25(2)3)17(28)14(19(24)30)18(29)22(9,32)12(27)7-8;/h4-5,8-9,16,26,29,32H,6-7H2,1-3H3,(H2,24,30);1H/t8-,9-,16-,21-,22-;/m0./s1. The largest absolute Gasteiger partial charge is 0.508 e. The minimum atomic E-state index is -2.52. The molecule has 0 spiro atoms. The third-order valence-electron chi connectivity index (χ3n) is 7.15. The van der Waals surface area contributed by atoms with Gasteiger partial charge in [-0.15, -0.1) is 12.4 Å². The van der Waals surface area contributed by atoms with Gasteiger partial charge in [0.15, 0.2) is 17.2 Å². The molecule has 0 aromatic heterocycles. The molecule has 34 heavy (non-hydrogen) atoms. The number of hydrogen-bond donors (Lipinski definition) is 4. The fourth-order valence-corrected chi connectivity index (χ4v) is 5.89. The van der Waals surface area contributed by atoms with Crippen molar-refractivity contribution >= 4 is 47.5 Å². The molecule has 5 N–H and O–H groups in total. The molecule has 5 atom stereocenters. The average molecular weight is 515 g/mol. The van der Waals surface area contributed by atoms with E-state index in [1.807, 2.05) is 0 Å². The van der Waals surface area contributed by atoms with Crippen molar-refractivity contribution in [3.05, 3.63) is 39.6 Å². The van der Waals surface area contributed by atoms with Crippen LogP contribution in [0.3, 0.4) is 0 Å². The van der Waals surface area contributed by atoms with Crippen LogP contribution in [-0.2, 0) is 24.7 Å². The number of aromatic hydroxyl groups is 1. The van der Waals surface area contributed by atoms with Crippen molar-refractivity contribution in [1.82, 2.24) is 4.90 Å². The number of cyclic esters (lactones) is 1. The molecule has 1 heterocycles. The summed E-state index contributed by atoms with van der Waals surface area (Å²) in [5.41, 5.74) is 0.581. The molecule has 0 radical (unpaired) electrons. The summed E-state index contributed by atoms with van der Waals surface area (Å²) >= 11 is 6.35. The van der Waals surface area contributed by atoms with Crippen LogP contribution in [-0.4, -0.2) is 69.4 Å². The van der Waals surface area contributed by atoms with Crippen molar-refractivity contribution in [2.45, 2.75) is 37.0 Å². The van der Waals surface area contributed by atoms with E-state index in [0.717, 1.165) is 0 Å². The number of carbonyl (C=O) groups is 4. The number of fused-ring (bicyclic) bond motifs is 2. The van der Waals surface area contributed by atoms with Gasteiger partial charge in [0.2, 0.25) is 0 Å². The predicted octanol–water partition coefficient (Wildman–Crippen LogP) is 0.990. The number of rotatable bonds is 3. The van der Waals surface area contributed by atoms with E-state index < -0.39 is 63.9 Å². The number of Topliss-reactive ketones (excluding diaryl/α,β-unsaturated/α-hetero) is 2. The Bertz CT molecular complexity index is 1170. The first kappa shape index (κ1) is 26.0. The smallest absolute Gasteiger partial charge is 0.343 e. The lowest BCUT2D eigenvalue weighted by molar-refractivity contribution is -0.166. The number of amides is 1. The number of nitrogens with zero attached hydrogens (tertiary/aromatic N) is 1. The van der Waals surface area contributed by atoms with E-state index >= 15 is 0 Å². The Hall–Kier alpha value is -2.66. The van der Waals surface area contributed by atoms with Crippen LogP contribution in [0, 0.1) is 11.8 Å². The summed E-state index contributed by atoms with van der Waals surface area (Å²) in [6.07, 6.45) is -0.422. The molecule has 0 bridgehead atoms. The van der Waals surface area contributed by atoms with Gasteiger partial charge in [-0.3, -0.25) is 19.3 Å². The molecule has 10 nitrogen and oxygen atoms in total. The topological polar surface area (TPSA) is 167 Å². The van der Waals surface area contributed by atoms with Crippen molar-refractivity contribution in [2.24, 2.45) is 17.6 Å². The second-order valence-corrected chi connectivity index (χ2v) is 9.51. The zero-order valence-corrected chi connectivity index (χ0v) is 20.1.